The van der Waals surface area contributed by atoms with Gasteiger partial charge in [0.25, 0.3) is 5.91 Å². The lowest BCUT2D eigenvalue weighted by Gasteiger charge is -2.03. The van der Waals surface area contributed by atoms with Crippen LogP contribution in [0.3, 0.4) is 0 Å². The van der Waals surface area contributed by atoms with Gasteiger partial charge in [-0.05, 0) is 36.4 Å². The number of nitrogens with one attached hydrogen (secondary N) is 2. The number of aromatic nitrogens is 1. The van der Waals surface area contributed by atoms with E-state index < -0.39 is 0 Å². The molecule has 1 heterocycles. The van der Waals surface area contributed by atoms with Crippen molar-refractivity contribution in [2.45, 2.75) is 0 Å². The van der Waals surface area contributed by atoms with Crippen LogP contribution in [0.25, 0.3) is 0 Å². The zero-order chi connectivity index (χ0) is 13.0. The Bertz CT molecular complexity index is 620. The molecule has 0 saturated heterocycles. The van der Waals surface area contributed by atoms with Crippen molar-refractivity contribution in [1.82, 2.24) is 4.98 Å². The zero-order valence-electron chi connectivity index (χ0n) is 9.31. The van der Waals surface area contributed by atoms with Crippen LogP contribution in [0.2, 0.25) is 0 Å². The van der Waals surface area contributed by atoms with Crippen molar-refractivity contribution < 1.29 is 9.59 Å². The summed E-state index contributed by atoms with van der Waals surface area (Å²) in [6.07, 6.45) is 0.637. The molecule has 2 N–H and O–H groups in total. The molecule has 0 aliphatic heterocycles. The largest absolute Gasteiger partial charge is 0.348 e. The molecule has 0 atom stereocenters. The number of aromatic amines is 1. The molecule has 5 nitrogen and oxygen atoms in total. The molecule has 0 spiro atoms. The third-order valence-electron chi connectivity index (χ3n) is 2.35. The summed E-state index contributed by atoms with van der Waals surface area (Å²) >= 11 is 0. The molecule has 5 heteroatoms. The Labute approximate surface area is 103 Å². The van der Waals surface area contributed by atoms with Crippen LogP contribution >= 0.6 is 0 Å². The normalized spacial score (nSPS) is 9.50. The summed E-state index contributed by atoms with van der Waals surface area (Å²) in [4.78, 5) is 24.9. The van der Waals surface area contributed by atoms with E-state index in [-0.39, 0.29) is 5.91 Å². The molecule has 0 unspecified atom stereocenters. The van der Waals surface area contributed by atoms with Crippen molar-refractivity contribution in [1.29, 1.82) is 5.26 Å². The molecule has 1 aromatic carbocycles. The maximum atomic E-state index is 11.8. The van der Waals surface area contributed by atoms with E-state index in [1.165, 1.54) is 12.1 Å². The van der Waals surface area contributed by atoms with Gasteiger partial charge < -0.3 is 10.3 Å². The summed E-state index contributed by atoms with van der Waals surface area (Å²) < 4.78 is 0. The molecule has 88 valence electrons. The fraction of sp³-hybridized carbons (Fsp3) is 0. The van der Waals surface area contributed by atoms with E-state index in [1.807, 2.05) is 6.07 Å². The number of anilines is 1. The van der Waals surface area contributed by atoms with Crippen LogP contribution in [-0.2, 0) is 0 Å². The van der Waals surface area contributed by atoms with E-state index >= 15 is 0 Å². The predicted octanol–water partition coefficient (Wildman–Crippen LogP) is 1.95. The van der Waals surface area contributed by atoms with E-state index in [2.05, 4.69) is 10.3 Å². The van der Waals surface area contributed by atoms with Gasteiger partial charge >= 0.3 is 0 Å². The molecule has 0 bridgehead atoms. The Balaban J connectivity index is 2.11. The van der Waals surface area contributed by atoms with Gasteiger partial charge in [-0.25, -0.2) is 0 Å². The first-order chi connectivity index (χ1) is 8.72. The monoisotopic (exact) mass is 239 g/mol. The SMILES string of the molecule is N#Cc1ccc(NC(=O)c2ccc(C=O)[nH]2)cc1. The predicted molar refractivity (Wildman–Crippen MR) is 65.3 cm³/mol. The van der Waals surface area contributed by atoms with Gasteiger partial charge in [0.15, 0.2) is 6.29 Å². The highest BCUT2D eigenvalue weighted by molar-refractivity contribution is 6.03. The maximum Gasteiger partial charge on any atom is 0.272 e. The van der Waals surface area contributed by atoms with Gasteiger partial charge in [-0.2, -0.15) is 5.26 Å². The molecular formula is C13H9N3O2. The zero-order valence-corrected chi connectivity index (χ0v) is 9.31. The summed E-state index contributed by atoms with van der Waals surface area (Å²) in [6.45, 7) is 0. The van der Waals surface area contributed by atoms with E-state index in [9.17, 15) is 9.59 Å². The van der Waals surface area contributed by atoms with Gasteiger partial charge in [0.2, 0.25) is 0 Å². The van der Waals surface area contributed by atoms with Gasteiger partial charge in [0.05, 0.1) is 17.3 Å². The number of hydrogen-bond donors (Lipinski definition) is 2. The molecule has 0 aliphatic carbocycles. The van der Waals surface area contributed by atoms with Crippen molar-refractivity contribution >= 4 is 17.9 Å². The molecular weight excluding hydrogens is 230 g/mol. The molecule has 2 rings (SSSR count). The molecule has 0 saturated carbocycles. The number of rotatable bonds is 3. The molecule has 2 aromatic rings. The number of hydrogen-bond acceptors (Lipinski definition) is 3. The van der Waals surface area contributed by atoms with Crippen molar-refractivity contribution in [3.8, 4) is 6.07 Å². The first-order valence-electron chi connectivity index (χ1n) is 5.18. The van der Waals surface area contributed by atoms with E-state index in [0.717, 1.165) is 0 Å². The standard InChI is InChI=1S/C13H9N3O2/c14-7-9-1-3-10(4-2-9)16-13(18)12-6-5-11(8-17)15-12/h1-6,8,15H,(H,16,18). The molecule has 18 heavy (non-hydrogen) atoms. The van der Waals surface area contributed by atoms with E-state index in [0.29, 0.717) is 28.9 Å². The average Bonchev–Trinajstić information content (AvgIpc) is 2.88. The number of carbonyl (C=O) groups is 2. The number of aldehydes is 1. The summed E-state index contributed by atoms with van der Waals surface area (Å²) in [7, 11) is 0. The van der Waals surface area contributed by atoms with Crippen molar-refractivity contribution in [2.75, 3.05) is 5.32 Å². The Morgan fingerprint density at radius 2 is 1.94 bits per heavy atom. The van der Waals surface area contributed by atoms with E-state index in [4.69, 9.17) is 5.26 Å². The third kappa shape index (κ3) is 2.44. The lowest BCUT2D eigenvalue weighted by Crippen LogP contribution is -2.12. The Hall–Kier alpha value is -2.87. The summed E-state index contributed by atoms with van der Waals surface area (Å²) in [5.74, 6) is -0.340. The second-order valence-electron chi connectivity index (χ2n) is 3.59. The van der Waals surface area contributed by atoms with Crippen molar-refractivity contribution in [2.24, 2.45) is 0 Å². The molecule has 0 aliphatic rings. The minimum Gasteiger partial charge on any atom is -0.348 e. The minimum atomic E-state index is -0.340. The van der Waals surface area contributed by atoms with Crippen LogP contribution in [0.4, 0.5) is 5.69 Å². The second kappa shape index (κ2) is 4.97. The van der Waals surface area contributed by atoms with Gasteiger partial charge in [-0.1, -0.05) is 0 Å². The number of nitrogens with zero attached hydrogens (tertiary/aromatic N) is 1. The number of carbonyl (C=O) groups excluding carboxylic acids is 2. The highest BCUT2D eigenvalue weighted by atomic mass is 16.2. The van der Waals surface area contributed by atoms with Gasteiger partial charge in [0.1, 0.15) is 5.69 Å². The van der Waals surface area contributed by atoms with Crippen molar-refractivity contribution in [3.63, 3.8) is 0 Å². The van der Waals surface area contributed by atoms with Crippen LogP contribution < -0.4 is 5.32 Å². The minimum absolute atomic E-state index is 0.307. The van der Waals surface area contributed by atoms with Crippen molar-refractivity contribution in [3.05, 3.63) is 53.3 Å². The Kier molecular flexibility index (Phi) is 3.21. The molecule has 1 amide bonds. The number of nitriles is 1. The smallest absolute Gasteiger partial charge is 0.272 e. The fourth-order valence-electron chi connectivity index (χ4n) is 1.44. The quantitative estimate of drug-likeness (QED) is 0.802. The van der Waals surface area contributed by atoms with E-state index in [1.54, 1.807) is 24.3 Å². The van der Waals surface area contributed by atoms with Crippen LogP contribution in [-0.4, -0.2) is 17.2 Å². The molecule has 0 radical (unpaired) electrons. The molecule has 0 fully saturated rings. The van der Waals surface area contributed by atoms with Gasteiger partial charge in [-0.15, -0.1) is 0 Å². The molecule has 1 aromatic heterocycles. The van der Waals surface area contributed by atoms with Crippen LogP contribution in [0, 0.1) is 11.3 Å². The van der Waals surface area contributed by atoms with Crippen LogP contribution in [0.5, 0.6) is 0 Å². The first kappa shape index (κ1) is 11.6. The maximum absolute atomic E-state index is 11.8. The summed E-state index contributed by atoms with van der Waals surface area (Å²) in [6, 6.07) is 11.6. The Morgan fingerprint density at radius 1 is 1.22 bits per heavy atom. The highest BCUT2D eigenvalue weighted by Gasteiger charge is 2.08. The van der Waals surface area contributed by atoms with Crippen LogP contribution in [0.15, 0.2) is 36.4 Å². The fourth-order valence-corrected chi connectivity index (χ4v) is 1.44. The lowest BCUT2D eigenvalue weighted by atomic mass is 10.2. The third-order valence-corrected chi connectivity index (χ3v) is 2.35. The Morgan fingerprint density at radius 3 is 2.50 bits per heavy atom. The second-order valence-corrected chi connectivity index (χ2v) is 3.59. The number of amides is 1. The van der Waals surface area contributed by atoms with Gasteiger partial charge in [0, 0.05) is 5.69 Å². The van der Waals surface area contributed by atoms with Crippen LogP contribution in [0.1, 0.15) is 26.5 Å². The number of H-pyrrole nitrogens is 1. The lowest BCUT2D eigenvalue weighted by molar-refractivity contribution is 0.102. The average molecular weight is 239 g/mol. The highest BCUT2D eigenvalue weighted by Crippen LogP contribution is 2.10. The topological polar surface area (TPSA) is 85.8 Å². The number of benzene rings is 1. The first-order valence-corrected chi connectivity index (χ1v) is 5.18. The summed E-state index contributed by atoms with van der Waals surface area (Å²) in [5, 5.41) is 11.3. The van der Waals surface area contributed by atoms with Gasteiger partial charge in [-0.3, -0.25) is 9.59 Å². The summed E-state index contributed by atoms with van der Waals surface area (Å²) in [5.41, 5.74) is 1.76.